The Morgan fingerprint density at radius 3 is 3.11 bits per heavy atom. The molecular weight excluding hydrogens is 248 g/mol. The van der Waals surface area contributed by atoms with E-state index in [0.717, 1.165) is 42.5 Å². The average Bonchev–Trinajstić information content (AvgIpc) is 2.75. The monoisotopic (exact) mass is 262 g/mol. The van der Waals surface area contributed by atoms with Crippen molar-refractivity contribution in [2.45, 2.75) is 26.4 Å². The largest absolute Gasteiger partial charge is 0.360 e. The molecule has 3 nitrogen and oxygen atoms in total. The summed E-state index contributed by atoms with van der Waals surface area (Å²) in [6.07, 6.45) is 1.00. The minimum absolute atomic E-state index is 0.812. The van der Waals surface area contributed by atoms with Crippen molar-refractivity contribution in [3.05, 3.63) is 51.9 Å². The molecule has 0 saturated carbocycles. The quantitative estimate of drug-likeness (QED) is 0.832. The Morgan fingerprint density at radius 1 is 1.44 bits per heavy atom. The first kappa shape index (κ1) is 11.8. The highest BCUT2D eigenvalue weighted by molar-refractivity contribution is 6.31. The first-order valence-electron chi connectivity index (χ1n) is 6.13. The molecule has 3 rings (SSSR count). The molecule has 4 heteroatoms. The number of hydrogen-bond donors (Lipinski definition) is 0. The Kier molecular flexibility index (Phi) is 3.10. The van der Waals surface area contributed by atoms with E-state index in [0.29, 0.717) is 0 Å². The van der Waals surface area contributed by atoms with E-state index in [1.165, 1.54) is 11.1 Å². The van der Waals surface area contributed by atoms with Crippen LogP contribution in [0.25, 0.3) is 0 Å². The Balaban J connectivity index is 1.75. The standard InChI is InChI=1S/C14H15ClN2O/c1-10-7-12(18-16-10)9-17-6-5-13-11(8-17)3-2-4-14(13)15/h2-4,7H,5-6,8-9H2,1H3. The second-order valence-electron chi connectivity index (χ2n) is 4.77. The third kappa shape index (κ3) is 2.28. The van der Waals surface area contributed by atoms with Crippen LogP contribution in [-0.2, 0) is 19.5 Å². The number of rotatable bonds is 2. The van der Waals surface area contributed by atoms with E-state index >= 15 is 0 Å². The smallest absolute Gasteiger partial charge is 0.150 e. The van der Waals surface area contributed by atoms with Crippen LogP contribution in [0.3, 0.4) is 0 Å². The Bertz CT molecular complexity index is 565. The number of aryl methyl sites for hydroxylation is 1. The maximum Gasteiger partial charge on any atom is 0.150 e. The van der Waals surface area contributed by atoms with Crippen LogP contribution in [0, 0.1) is 6.92 Å². The van der Waals surface area contributed by atoms with E-state index in [1.54, 1.807) is 0 Å². The molecule has 0 spiro atoms. The minimum Gasteiger partial charge on any atom is -0.360 e. The summed E-state index contributed by atoms with van der Waals surface area (Å²) in [6.45, 7) is 4.69. The van der Waals surface area contributed by atoms with Crippen LogP contribution in [0.4, 0.5) is 0 Å². The second-order valence-corrected chi connectivity index (χ2v) is 5.18. The Morgan fingerprint density at radius 2 is 2.33 bits per heavy atom. The predicted octanol–water partition coefficient (Wildman–Crippen LogP) is 3.19. The van der Waals surface area contributed by atoms with Gasteiger partial charge in [-0.1, -0.05) is 28.9 Å². The van der Waals surface area contributed by atoms with Crippen LogP contribution in [0.2, 0.25) is 5.02 Å². The van der Waals surface area contributed by atoms with Gasteiger partial charge >= 0.3 is 0 Å². The first-order valence-corrected chi connectivity index (χ1v) is 6.51. The van der Waals surface area contributed by atoms with Gasteiger partial charge in [0.25, 0.3) is 0 Å². The lowest BCUT2D eigenvalue weighted by molar-refractivity contribution is 0.215. The van der Waals surface area contributed by atoms with E-state index < -0.39 is 0 Å². The summed E-state index contributed by atoms with van der Waals surface area (Å²) >= 11 is 6.21. The summed E-state index contributed by atoms with van der Waals surface area (Å²) in [4.78, 5) is 2.36. The van der Waals surface area contributed by atoms with E-state index in [2.05, 4.69) is 16.1 Å². The fourth-order valence-corrected chi connectivity index (χ4v) is 2.76. The van der Waals surface area contributed by atoms with Crippen LogP contribution in [-0.4, -0.2) is 16.6 Å². The third-order valence-corrected chi connectivity index (χ3v) is 3.70. The van der Waals surface area contributed by atoms with Crippen molar-refractivity contribution in [3.8, 4) is 0 Å². The zero-order chi connectivity index (χ0) is 12.5. The fourth-order valence-electron chi connectivity index (χ4n) is 2.47. The molecule has 0 N–H and O–H groups in total. The lowest BCUT2D eigenvalue weighted by Crippen LogP contribution is -2.30. The van der Waals surface area contributed by atoms with Gasteiger partial charge in [0.2, 0.25) is 0 Å². The second kappa shape index (κ2) is 4.75. The summed E-state index contributed by atoms with van der Waals surface area (Å²) in [5.74, 6) is 0.929. The molecule has 1 aromatic heterocycles. The SMILES string of the molecule is Cc1cc(CN2CCc3c(Cl)cccc3C2)on1. The van der Waals surface area contributed by atoms with Crippen LogP contribution in [0.1, 0.15) is 22.6 Å². The molecular formula is C14H15ClN2O. The average molecular weight is 263 g/mol. The van der Waals surface area contributed by atoms with Crippen LogP contribution < -0.4 is 0 Å². The van der Waals surface area contributed by atoms with Gasteiger partial charge in [0, 0.05) is 24.2 Å². The van der Waals surface area contributed by atoms with Gasteiger partial charge in [0.15, 0.2) is 5.76 Å². The first-order chi connectivity index (χ1) is 8.72. The van der Waals surface area contributed by atoms with Gasteiger partial charge in [-0.15, -0.1) is 0 Å². The van der Waals surface area contributed by atoms with Crippen LogP contribution in [0.5, 0.6) is 0 Å². The molecule has 18 heavy (non-hydrogen) atoms. The molecule has 1 aliphatic rings. The fraction of sp³-hybridized carbons (Fsp3) is 0.357. The van der Waals surface area contributed by atoms with Gasteiger partial charge in [-0.2, -0.15) is 0 Å². The summed E-state index contributed by atoms with van der Waals surface area (Å²) in [7, 11) is 0. The molecule has 2 aromatic rings. The molecule has 94 valence electrons. The number of benzene rings is 1. The van der Waals surface area contributed by atoms with Crippen molar-refractivity contribution < 1.29 is 4.52 Å². The summed E-state index contributed by atoms with van der Waals surface area (Å²) in [5.41, 5.74) is 3.56. The van der Waals surface area contributed by atoms with Gasteiger partial charge in [-0.25, -0.2) is 0 Å². The highest BCUT2D eigenvalue weighted by Gasteiger charge is 2.19. The number of fused-ring (bicyclic) bond motifs is 1. The topological polar surface area (TPSA) is 29.3 Å². The number of nitrogens with zero attached hydrogens (tertiary/aromatic N) is 2. The maximum atomic E-state index is 6.21. The van der Waals surface area contributed by atoms with E-state index in [-0.39, 0.29) is 0 Å². The molecule has 0 radical (unpaired) electrons. The van der Waals surface area contributed by atoms with Crippen molar-refractivity contribution in [2.75, 3.05) is 6.54 Å². The lowest BCUT2D eigenvalue weighted by atomic mass is 10.00. The molecule has 0 saturated heterocycles. The Labute approximate surface area is 111 Å². The highest BCUT2D eigenvalue weighted by Crippen LogP contribution is 2.26. The van der Waals surface area contributed by atoms with Gasteiger partial charge in [0.05, 0.1) is 12.2 Å². The number of hydrogen-bond acceptors (Lipinski definition) is 3. The number of aromatic nitrogens is 1. The third-order valence-electron chi connectivity index (χ3n) is 3.34. The molecule has 1 aliphatic heterocycles. The molecule has 0 unspecified atom stereocenters. The molecule has 0 bridgehead atoms. The highest BCUT2D eigenvalue weighted by atomic mass is 35.5. The van der Waals surface area contributed by atoms with Crippen LogP contribution >= 0.6 is 11.6 Å². The van der Waals surface area contributed by atoms with Gasteiger partial charge in [-0.05, 0) is 30.5 Å². The number of halogens is 1. The molecule has 0 amide bonds. The van der Waals surface area contributed by atoms with E-state index in [4.69, 9.17) is 16.1 Å². The molecule has 0 atom stereocenters. The van der Waals surface area contributed by atoms with Crippen molar-refractivity contribution in [3.63, 3.8) is 0 Å². The van der Waals surface area contributed by atoms with Gasteiger partial charge in [-0.3, -0.25) is 4.90 Å². The normalized spacial score (nSPS) is 15.7. The van der Waals surface area contributed by atoms with Crippen molar-refractivity contribution in [2.24, 2.45) is 0 Å². The van der Waals surface area contributed by atoms with Gasteiger partial charge in [0.1, 0.15) is 0 Å². The maximum absolute atomic E-state index is 6.21. The van der Waals surface area contributed by atoms with Gasteiger partial charge < -0.3 is 4.52 Å². The minimum atomic E-state index is 0.812. The van der Waals surface area contributed by atoms with E-state index in [9.17, 15) is 0 Å². The summed E-state index contributed by atoms with van der Waals surface area (Å²) in [6, 6.07) is 8.13. The predicted molar refractivity (Wildman–Crippen MR) is 70.5 cm³/mol. The van der Waals surface area contributed by atoms with Crippen molar-refractivity contribution >= 4 is 11.6 Å². The Hall–Kier alpha value is -1.32. The lowest BCUT2D eigenvalue weighted by Gasteiger charge is -2.28. The molecule has 0 aliphatic carbocycles. The summed E-state index contributed by atoms with van der Waals surface area (Å²) in [5, 5.41) is 4.81. The van der Waals surface area contributed by atoms with Crippen molar-refractivity contribution in [1.82, 2.24) is 10.1 Å². The van der Waals surface area contributed by atoms with Crippen LogP contribution in [0.15, 0.2) is 28.8 Å². The van der Waals surface area contributed by atoms with E-state index in [1.807, 2.05) is 25.1 Å². The summed E-state index contributed by atoms with van der Waals surface area (Å²) < 4.78 is 5.26. The molecule has 2 heterocycles. The zero-order valence-electron chi connectivity index (χ0n) is 10.3. The molecule has 0 fully saturated rings. The van der Waals surface area contributed by atoms with Crippen molar-refractivity contribution in [1.29, 1.82) is 0 Å². The molecule has 1 aromatic carbocycles. The zero-order valence-corrected chi connectivity index (χ0v) is 11.1.